The smallest absolute Gasteiger partial charge is 0.335 e. The van der Waals surface area contributed by atoms with Crippen LogP contribution in [0.1, 0.15) is 60.9 Å². The number of carboxylic acid groups (broad SMARTS) is 1. The second-order valence-corrected chi connectivity index (χ2v) is 11.6. The van der Waals surface area contributed by atoms with Gasteiger partial charge in [0.15, 0.2) is 0 Å². The standard InChI is InChI=1S/C30H35ClN4O4/c1-6-11-35(20-7-8-22(29(38)39)24(15-20)30(2,3)4)17-19-14-23-26(16-25(19)31)32-27(33(5)28(23)37)18-34-12-9-21(36)10-13-34/h1,7-8,14-16,21,36H,9-13,17-18H2,2-5H3,(H,38,39). The van der Waals surface area contributed by atoms with Crippen molar-refractivity contribution in [2.45, 2.75) is 58.2 Å². The summed E-state index contributed by atoms with van der Waals surface area (Å²) in [7, 11) is 1.72. The summed E-state index contributed by atoms with van der Waals surface area (Å²) in [6, 6.07) is 8.71. The van der Waals surface area contributed by atoms with Gasteiger partial charge in [0.2, 0.25) is 0 Å². The zero-order valence-electron chi connectivity index (χ0n) is 22.9. The number of aliphatic hydroxyl groups excluding tert-OH is 1. The summed E-state index contributed by atoms with van der Waals surface area (Å²) in [5.41, 5.74) is 2.42. The number of aromatic carboxylic acids is 1. The number of carboxylic acids is 1. The van der Waals surface area contributed by atoms with Crippen molar-refractivity contribution in [1.29, 1.82) is 0 Å². The predicted molar refractivity (Wildman–Crippen MR) is 154 cm³/mol. The number of likely N-dealkylation sites (tertiary alicyclic amines) is 1. The molecule has 4 rings (SSSR count). The molecule has 2 aromatic carbocycles. The molecule has 0 radical (unpaired) electrons. The average molecular weight is 551 g/mol. The number of benzene rings is 2. The van der Waals surface area contributed by atoms with Crippen LogP contribution >= 0.6 is 11.6 Å². The molecule has 8 nitrogen and oxygen atoms in total. The number of aromatic nitrogens is 2. The maximum atomic E-state index is 13.4. The highest BCUT2D eigenvalue weighted by Gasteiger charge is 2.24. The largest absolute Gasteiger partial charge is 0.478 e. The van der Waals surface area contributed by atoms with Crippen LogP contribution in [-0.4, -0.2) is 56.4 Å². The SMILES string of the molecule is C#CCN(Cc1cc2c(=O)n(C)c(CN3CCC(O)CC3)nc2cc1Cl)c1ccc(C(=O)O)c(C(C)(C)C)c1. The van der Waals surface area contributed by atoms with E-state index in [1.54, 1.807) is 35.9 Å². The van der Waals surface area contributed by atoms with Crippen LogP contribution in [0.5, 0.6) is 0 Å². The van der Waals surface area contributed by atoms with Crippen molar-refractivity contribution in [1.82, 2.24) is 14.5 Å². The number of hydrogen-bond donors (Lipinski definition) is 2. The first-order valence-electron chi connectivity index (χ1n) is 13.0. The quantitative estimate of drug-likeness (QED) is 0.426. The minimum absolute atomic E-state index is 0.158. The van der Waals surface area contributed by atoms with E-state index in [2.05, 4.69) is 10.8 Å². The summed E-state index contributed by atoms with van der Waals surface area (Å²) in [6.45, 7) is 8.53. The summed E-state index contributed by atoms with van der Waals surface area (Å²) >= 11 is 6.71. The van der Waals surface area contributed by atoms with E-state index in [9.17, 15) is 19.8 Å². The van der Waals surface area contributed by atoms with Crippen molar-refractivity contribution in [2.75, 3.05) is 24.5 Å². The third-order valence-corrected chi connectivity index (χ3v) is 7.66. The van der Waals surface area contributed by atoms with E-state index >= 15 is 0 Å². The van der Waals surface area contributed by atoms with Crippen LogP contribution in [0.4, 0.5) is 5.69 Å². The molecule has 2 heterocycles. The van der Waals surface area contributed by atoms with Crippen LogP contribution in [0.15, 0.2) is 35.1 Å². The van der Waals surface area contributed by atoms with Crippen LogP contribution in [-0.2, 0) is 25.6 Å². The van der Waals surface area contributed by atoms with Gasteiger partial charge in [-0.05, 0) is 59.7 Å². The number of hydrogen-bond acceptors (Lipinski definition) is 6. The van der Waals surface area contributed by atoms with E-state index in [0.717, 1.165) is 24.3 Å². The Bertz CT molecular complexity index is 1490. The molecule has 1 aromatic heterocycles. The Kier molecular flexibility index (Phi) is 8.36. The van der Waals surface area contributed by atoms with Crippen molar-refractivity contribution >= 4 is 34.2 Å². The van der Waals surface area contributed by atoms with Gasteiger partial charge in [-0.1, -0.05) is 38.3 Å². The predicted octanol–water partition coefficient (Wildman–Crippen LogP) is 4.18. The molecule has 1 saturated heterocycles. The molecule has 206 valence electrons. The molecule has 0 bridgehead atoms. The number of aliphatic hydroxyl groups is 1. The van der Waals surface area contributed by atoms with Gasteiger partial charge in [-0.3, -0.25) is 14.3 Å². The first-order chi connectivity index (χ1) is 18.4. The Hall–Kier alpha value is -3.38. The van der Waals surface area contributed by atoms with Crippen LogP contribution in [0, 0.1) is 12.3 Å². The molecule has 0 atom stereocenters. The van der Waals surface area contributed by atoms with Crippen molar-refractivity contribution in [3.8, 4) is 12.3 Å². The van der Waals surface area contributed by atoms with Crippen molar-refractivity contribution in [3.63, 3.8) is 0 Å². The molecule has 1 aliphatic heterocycles. The van der Waals surface area contributed by atoms with Crippen molar-refractivity contribution in [3.05, 3.63) is 68.2 Å². The topological polar surface area (TPSA) is 98.9 Å². The molecular weight excluding hydrogens is 516 g/mol. The normalized spacial score (nSPS) is 14.9. The molecule has 0 saturated carbocycles. The molecular formula is C30H35ClN4O4. The van der Waals surface area contributed by atoms with Gasteiger partial charge in [-0.15, -0.1) is 6.42 Å². The molecule has 0 aliphatic carbocycles. The van der Waals surface area contributed by atoms with Gasteiger partial charge >= 0.3 is 5.97 Å². The number of halogens is 1. The number of nitrogens with zero attached hydrogens (tertiary/aromatic N) is 4. The highest BCUT2D eigenvalue weighted by atomic mass is 35.5. The lowest BCUT2D eigenvalue weighted by molar-refractivity contribution is 0.0694. The van der Waals surface area contributed by atoms with Crippen LogP contribution in [0.2, 0.25) is 5.02 Å². The maximum Gasteiger partial charge on any atom is 0.335 e. The van der Waals surface area contributed by atoms with Gasteiger partial charge < -0.3 is 15.1 Å². The third kappa shape index (κ3) is 6.27. The number of fused-ring (bicyclic) bond motifs is 1. The van der Waals surface area contributed by atoms with Gasteiger partial charge in [0.05, 0.1) is 35.7 Å². The summed E-state index contributed by atoms with van der Waals surface area (Å²) < 4.78 is 1.57. The molecule has 0 amide bonds. The zero-order valence-corrected chi connectivity index (χ0v) is 23.6. The Balaban J connectivity index is 1.69. The Morgan fingerprint density at radius 3 is 2.54 bits per heavy atom. The first-order valence-corrected chi connectivity index (χ1v) is 13.4. The van der Waals surface area contributed by atoms with Crippen LogP contribution in [0.25, 0.3) is 10.9 Å². The van der Waals surface area contributed by atoms with E-state index in [0.29, 0.717) is 53.2 Å². The molecule has 2 N–H and O–H groups in total. The zero-order chi connectivity index (χ0) is 28.5. The highest BCUT2D eigenvalue weighted by Crippen LogP contribution is 2.32. The monoisotopic (exact) mass is 550 g/mol. The fraction of sp³-hybridized carbons (Fsp3) is 0.433. The van der Waals surface area contributed by atoms with Crippen LogP contribution in [0.3, 0.4) is 0 Å². The summed E-state index contributed by atoms with van der Waals surface area (Å²) in [4.78, 5) is 34.1. The molecule has 1 fully saturated rings. The summed E-state index contributed by atoms with van der Waals surface area (Å²) in [5, 5.41) is 20.4. The van der Waals surface area contributed by atoms with Crippen molar-refractivity contribution < 1.29 is 15.0 Å². The first kappa shape index (κ1) is 28.6. The van der Waals surface area contributed by atoms with E-state index in [-0.39, 0.29) is 23.8 Å². The minimum atomic E-state index is -0.979. The number of carbonyl (C=O) groups is 1. The fourth-order valence-corrected chi connectivity index (χ4v) is 5.23. The highest BCUT2D eigenvalue weighted by molar-refractivity contribution is 6.32. The molecule has 1 aliphatic rings. The van der Waals surface area contributed by atoms with E-state index in [1.165, 1.54) is 0 Å². The van der Waals surface area contributed by atoms with E-state index in [1.807, 2.05) is 31.7 Å². The molecule has 0 spiro atoms. The van der Waals surface area contributed by atoms with Gasteiger partial charge in [0.1, 0.15) is 5.82 Å². The van der Waals surface area contributed by atoms with Gasteiger partial charge in [0.25, 0.3) is 5.56 Å². The number of piperidine rings is 1. The lowest BCUT2D eigenvalue weighted by Crippen LogP contribution is -2.37. The Morgan fingerprint density at radius 1 is 1.23 bits per heavy atom. The van der Waals surface area contributed by atoms with E-state index in [4.69, 9.17) is 23.0 Å². The maximum absolute atomic E-state index is 13.4. The number of anilines is 1. The molecule has 0 unspecified atom stereocenters. The molecule has 39 heavy (non-hydrogen) atoms. The number of rotatable bonds is 7. The lowest BCUT2D eigenvalue weighted by atomic mass is 9.83. The van der Waals surface area contributed by atoms with Gasteiger partial charge in [0, 0.05) is 37.4 Å². The Labute approximate surface area is 233 Å². The summed E-state index contributed by atoms with van der Waals surface area (Å²) in [6.07, 6.45) is 6.85. The Morgan fingerprint density at radius 2 is 1.92 bits per heavy atom. The third-order valence-electron chi connectivity index (χ3n) is 7.31. The average Bonchev–Trinajstić information content (AvgIpc) is 2.88. The fourth-order valence-electron chi connectivity index (χ4n) is 5.01. The lowest BCUT2D eigenvalue weighted by Gasteiger charge is -2.29. The second-order valence-electron chi connectivity index (χ2n) is 11.2. The second kappa shape index (κ2) is 11.4. The van der Waals surface area contributed by atoms with Crippen molar-refractivity contribution in [2.24, 2.45) is 7.05 Å². The molecule has 3 aromatic rings. The minimum Gasteiger partial charge on any atom is -0.478 e. The molecule has 9 heteroatoms. The van der Waals surface area contributed by atoms with Crippen LogP contribution < -0.4 is 10.5 Å². The summed E-state index contributed by atoms with van der Waals surface area (Å²) in [5.74, 6) is 2.35. The van der Waals surface area contributed by atoms with Gasteiger partial charge in [-0.2, -0.15) is 0 Å². The van der Waals surface area contributed by atoms with E-state index < -0.39 is 11.4 Å². The van der Waals surface area contributed by atoms with Gasteiger partial charge in [-0.25, -0.2) is 9.78 Å². The number of terminal acetylenes is 1.